The molecule has 0 unspecified atom stereocenters. The van der Waals surface area contributed by atoms with E-state index in [1.54, 1.807) is 30.3 Å². The van der Waals surface area contributed by atoms with Gasteiger partial charge in [-0.1, -0.05) is 90.3 Å². The number of carbonyl (C=O) groups excluding carboxylic acids is 2. The van der Waals surface area contributed by atoms with Gasteiger partial charge in [-0.3, -0.25) is 13.9 Å². The minimum Gasteiger partial charge on any atom is -0.354 e. The van der Waals surface area contributed by atoms with E-state index in [2.05, 4.69) is 5.32 Å². The van der Waals surface area contributed by atoms with Gasteiger partial charge in [-0.2, -0.15) is 0 Å². The van der Waals surface area contributed by atoms with Crippen LogP contribution in [0.1, 0.15) is 24.5 Å². The Labute approximate surface area is 244 Å². The fourth-order valence-corrected chi connectivity index (χ4v) is 5.41. The van der Waals surface area contributed by atoms with Crippen molar-refractivity contribution in [1.82, 2.24) is 10.2 Å². The molecule has 3 aromatic carbocycles. The summed E-state index contributed by atoms with van der Waals surface area (Å²) in [6.45, 7) is 1.83. The van der Waals surface area contributed by atoms with E-state index in [0.717, 1.165) is 21.7 Å². The van der Waals surface area contributed by atoms with Crippen LogP contribution in [-0.4, -0.2) is 50.5 Å². The van der Waals surface area contributed by atoms with E-state index in [0.29, 0.717) is 18.0 Å². The fraction of sp³-hybridized carbons (Fsp3) is 0.286. The van der Waals surface area contributed by atoms with Gasteiger partial charge in [0, 0.05) is 24.5 Å². The van der Waals surface area contributed by atoms with Crippen molar-refractivity contribution in [3.05, 3.63) is 99.0 Å². The first-order valence-corrected chi connectivity index (χ1v) is 15.3. The Morgan fingerprint density at radius 2 is 1.56 bits per heavy atom. The zero-order valence-corrected chi connectivity index (χ0v) is 24.7. The average molecular weight is 611 g/mol. The number of nitrogens with zero attached hydrogens (tertiary/aromatic N) is 2. The van der Waals surface area contributed by atoms with Crippen LogP contribution in [0, 0.1) is 0 Å². The first kappa shape index (κ1) is 30.8. The van der Waals surface area contributed by atoms with Crippen LogP contribution < -0.4 is 9.62 Å². The summed E-state index contributed by atoms with van der Waals surface area (Å²) in [5, 5.41) is 3.57. The topological polar surface area (TPSA) is 86.8 Å². The molecule has 208 valence electrons. The standard InChI is InChI=1S/C28H30Cl3N3O4S/c1-3-16-32-28(36)25(17-20-8-5-4-6-9-20)33(18-21-12-14-22(29)15-13-21)26(35)19-34(39(2,37)38)24-11-7-10-23(30)27(24)31/h4-15,25H,3,16-19H2,1-2H3,(H,32,36)/t25-/m1/s1. The first-order valence-electron chi connectivity index (χ1n) is 12.3. The summed E-state index contributed by atoms with van der Waals surface area (Å²) in [5.74, 6) is -0.922. The smallest absolute Gasteiger partial charge is 0.244 e. The molecule has 2 amide bonds. The Morgan fingerprint density at radius 3 is 2.18 bits per heavy atom. The summed E-state index contributed by atoms with van der Waals surface area (Å²) in [5.41, 5.74) is 1.64. The molecule has 0 aliphatic rings. The van der Waals surface area contributed by atoms with E-state index in [9.17, 15) is 18.0 Å². The van der Waals surface area contributed by atoms with Crippen LogP contribution >= 0.6 is 34.8 Å². The predicted molar refractivity (Wildman–Crippen MR) is 158 cm³/mol. The molecule has 0 radical (unpaired) electrons. The van der Waals surface area contributed by atoms with Crippen LogP contribution in [-0.2, 0) is 32.6 Å². The lowest BCUT2D eigenvalue weighted by Gasteiger charge is -2.33. The SMILES string of the molecule is CCCNC(=O)[C@@H](Cc1ccccc1)N(Cc1ccc(Cl)cc1)C(=O)CN(c1cccc(Cl)c1Cl)S(C)(=O)=O. The Hall–Kier alpha value is -2.78. The summed E-state index contributed by atoms with van der Waals surface area (Å²) in [7, 11) is -3.96. The largest absolute Gasteiger partial charge is 0.354 e. The molecule has 0 fully saturated rings. The second-order valence-corrected chi connectivity index (χ2v) is 12.1. The highest BCUT2D eigenvalue weighted by molar-refractivity contribution is 7.92. The second-order valence-electron chi connectivity index (χ2n) is 8.99. The maximum Gasteiger partial charge on any atom is 0.244 e. The summed E-state index contributed by atoms with van der Waals surface area (Å²) in [6.07, 6.45) is 1.92. The third kappa shape index (κ3) is 8.60. The molecule has 1 atom stereocenters. The van der Waals surface area contributed by atoms with Gasteiger partial charge in [-0.15, -0.1) is 0 Å². The van der Waals surface area contributed by atoms with E-state index >= 15 is 0 Å². The number of rotatable bonds is 12. The van der Waals surface area contributed by atoms with Crippen LogP contribution in [0.4, 0.5) is 5.69 Å². The lowest BCUT2D eigenvalue weighted by Crippen LogP contribution is -2.53. The van der Waals surface area contributed by atoms with E-state index in [1.807, 2.05) is 37.3 Å². The quantitative estimate of drug-likeness (QED) is 0.290. The fourth-order valence-electron chi connectivity index (χ4n) is 3.99. The van der Waals surface area contributed by atoms with Gasteiger partial charge < -0.3 is 10.2 Å². The van der Waals surface area contributed by atoms with E-state index in [4.69, 9.17) is 34.8 Å². The Bertz CT molecular complexity index is 1390. The molecule has 39 heavy (non-hydrogen) atoms. The van der Waals surface area contributed by atoms with Crippen molar-refractivity contribution in [3.63, 3.8) is 0 Å². The van der Waals surface area contributed by atoms with Crippen LogP contribution in [0.25, 0.3) is 0 Å². The molecule has 3 rings (SSSR count). The number of sulfonamides is 1. The van der Waals surface area contributed by atoms with E-state index in [-0.39, 0.29) is 34.6 Å². The van der Waals surface area contributed by atoms with Gasteiger partial charge in [0.25, 0.3) is 0 Å². The molecule has 0 saturated heterocycles. The number of hydrogen-bond donors (Lipinski definition) is 1. The van der Waals surface area contributed by atoms with Crippen molar-refractivity contribution >= 4 is 62.3 Å². The molecule has 0 aliphatic carbocycles. The van der Waals surface area contributed by atoms with Crippen molar-refractivity contribution in [2.45, 2.75) is 32.4 Å². The highest BCUT2D eigenvalue weighted by atomic mass is 35.5. The minimum atomic E-state index is -3.96. The Morgan fingerprint density at radius 1 is 0.897 bits per heavy atom. The lowest BCUT2D eigenvalue weighted by molar-refractivity contribution is -0.140. The molecule has 1 N–H and O–H groups in total. The predicted octanol–water partition coefficient (Wildman–Crippen LogP) is 5.58. The molecule has 0 bridgehead atoms. The van der Waals surface area contributed by atoms with Gasteiger partial charge in [-0.25, -0.2) is 8.42 Å². The number of carbonyl (C=O) groups is 2. The normalized spacial score (nSPS) is 12.0. The van der Waals surface area contributed by atoms with Crippen LogP contribution in [0.2, 0.25) is 15.1 Å². The third-order valence-electron chi connectivity index (χ3n) is 5.97. The van der Waals surface area contributed by atoms with Crippen molar-refractivity contribution < 1.29 is 18.0 Å². The van der Waals surface area contributed by atoms with E-state index in [1.165, 1.54) is 17.0 Å². The summed E-state index contributed by atoms with van der Waals surface area (Å²) in [4.78, 5) is 28.8. The van der Waals surface area contributed by atoms with Gasteiger partial charge in [0.2, 0.25) is 21.8 Å². The van der Waals surface area contributed by atoms with Crippen LogP contribution in [0.3, 0.4) is 0 Å². The van der Waals surface area contributed by atoms with Gasteiger partial charge in [0.15, 0.2) is 0 Å². The molecule has 0 saturated carbocycles. The van der Waals surface area contributed by atoms with Crippen molar-refractivity contribution in [3.8, 4) is 0 Å². The van der Waals surface area contributed by atoms with Crippen LogP contribution in [0.5, 0.6) is 0 Å². The Balaban J connectivity index is 2.06. The molecular formula is C28H30Cl3N3O4S. The number of nitrogens with one attached hydrogen (secondary N) is 1. The second kappa shape index (κ2) is 14.0. The molecule has 0 heterocycles. The molecule has 0 spiro atoms. The number of anilines is 1. The van der Waals surface area contributed by atoms with Crippen LogP contribution in [0.15, 0.2) is 72.8 Å². The highest BCUT2D eigenvalue weighted by Gasteiger charge is 2.33. The van der Waals surface area contributed by atoms with Crippen molar-refractivity contribution in [2.24, 2.45) is 0 Å². The minimum absolute atomic E-state index is 0.00293. The van der Waals surface area contributed by atoms with Gasteiger partial charge in [0.1, 0.15) is 12.6 Å². The van der Waals surface area contributed by atoms with Gasteiger partial charge in [0.05, 0.1) is 22.0 Å². The zero-order chi connectivity index (χ0) is 28.6. The number of hydrogen-bond acceptors (Lipinski definition) is 4. The zero-order valence-electron chi connectivity index (χ0n) is 21.6. The third-order valence-corrected chi connectivity index (χ3v) is 8.15. The number of halogens is 3. The lowest BCUT2D eigenvalue weighted by atomic mass is 10.0. The Kier molecular flexibility index (Phi) is 11.1. The van der Waals surface area contributed by atoms with Crippen molar-refractivity contribution in [2.75, 3.05) is 23.7 Å². The van der Waals surface area contributed by atoms with Gasteiger partial charge >= 0.3 is 0 Å². The highest BCUT2D eigenvalue weighted by Crippen LogP contribution is 2.34. The molecular weight excluding hydrogens is 581 g/mol. The van der Waals surface area contributed by atoms with Gasteiger partial charge in [-0.05, 0) is 41.8 Å². The number of amides is 2. The molecule has 11 heteroatoms. The number of benzene rings is 3. The van der Waals surface area contributed by atoms with E-state index < -0.39 is 28.5 Å². The first-order chi connectivity index (χ1) is 18.5. The molecule has 0 aliphatic heterocycles. The maximum absolute atomic E-state index is 14.0. The molecule has 7 nitrogen and oxygen atoms in total. The monoisotopic (exact) mass is 609 g/mol. The average Bonchev–Trinajstić information content (AvgIpc) is 2.90. The van der Waals surface area contributed by atoms with Crippen molar-refractivity contribution in [1.29, 1.82) is 0 Å². The summed E-state index contributed by atoms with van der Waals surface area (Å²) >= 11 is 18.5. The molecule has 3 aromatic rings. The summed E-state index contributed by atoms with van der Waals surface area (Å²) < 4.78 is 26.6. The summed E-state index contributed by atoms with van der Waals surface area (Å²) in [6, 6.07) is 19.9. The molecule has 0 aromatic heterocycles. The maximum atomic E-state index is 14.0.